The number of rotatable bonds is 12. The molecule has 170 valence electrons. The molecule has 0 amide bonds. The van der Waals surface area contributed by atoms with E-state index >= 15 is 0 Å². The second-order valence-corrected chi connectivity index (χ2v) is 6.43. The third-order valence-electron chi connectivity index (χ3n) is 4.16. The first kappa shape index (κ1) is 24.7. The zero-order valence-corrected chi connectivity index (χ0v) is 17.8. The van der Waals surface area contributed by atoms with Gasteiger partial charge in [0.05, 0.1) is 36.5 Å². The fourth-order valence-electron chi connectivity index (χ4n) is 2.41. The molecular weight excluding hydrogens is 420 g/mol. The molecule has 0 saturated heterocycles. The highest BCUT2D eigenvalue weighted by Crippen LogP contribution is 2.09. The van der Waals surface area contributed by atoms with Gasteiger partial charge in [0.15, 0.2) is 5.78 Å². The Kier molecular flexibility index (Phi) is 10.0. The molecule has 0 unspecified atom stereocenters. The van der Waals surface area contributed by atoms with Crippen LogP contribution in [0.2, 0.25) is 0 Å². The van der Waals surface area contributed by atoms with Crippen molar-refractivity contribution in [3.05, 3.63) is 70.8 Å². The number of ether oxygens (including phenoxy) is 5. The molecule has 0 atom stereocenters. The Bertz CT molecular complexity index is 917. The molecule has 2 aromatic carbocycles. The van der Waals surface area contributed by atoms with E-state index in [0.717, 1.165) is 0 Å². The van der Waals surface area contributed by atoms with Crippen LogP contribution in [0.15, 0.2) is 48.5 Å². The summed E-state index contributed by atoms with van der Waals surface area (Å²) in [6, 6.07) is 11.6. The number of esters is 3. The van der Waals surface area contributed by atoms with Gasteiger partial charge in [-0.05, 0) is 43.3 Å². The third-order valence-corrected chi connectivity index (χ3v) is 4.16. The lowest BCUT2D eigenvalue weighted by Gasteiger charge is -2.08. The molecule has 0 bridgehead atoms. The van der Waals surface area contributed by atoms with Gasteiger partial charge in [-0.1, -0.05) is 12.1 Å². The molecule has 0 heterocycles. The van der Waals surface area contributed by atoms with Crippen molar-refractivity contribution in [1.29, 1.82) is 0 Å². The molecule has 0 radical (unpaired) electrons. The molecule has 2 rings (SSSR count). The molecular formula is C23H24O9. The molecule has 9 nitrogen and oxygen atoms in total. The SMILES string of the molecule is COCCOCCOC(=O)c1ccc(C(=O)OCOC(=O)c2ccc(C(C)=O)cc2)cc1. The molecule has 0 aliphatic rings. The van der Waals surface area contributed by atoms with Crippen LogP contribution in [0.25, 0.3) is 0 Å². The topological polar surface area (TPSA) is 114 Å². The average molecular weight is 444 g/mol. The van der Waals surface area contributed by atoms with Crippen LogP contribution < -0.4 is 0 Å². The largest absolute Gasteiger partial charge is 0.460 e. The van der Waals surface area contributed by atoms with Crippen LogP contribution >= 0.6 is 0 Å². The van der Waals surface area contributed by atoms with Crippen LogP contribution in [-0.2, 0) is 23.7 Å². The summed E-state index contributed by atoms with van der Waals surface area (Å²) in [6.45, 7) is 2.04. The minimum Gasteiger partial charge on any atom is -0.460 e. The summed E-state index contributed by atoms with van der Waals surface area (Å²) in [5.74, 6) is -2.09. The van der Waals surface area contributed by atoms with Gasteiger partial charge in [0.2, 0.25) is 6.79 Å². The smallest absolute Gasteiger partial charge is 0.340 e. The van der Waals surface area contributed by atoms with Crippen LogP contribution in [-0.4, -0.2) is 64.0 Å². The van der Waals surface area contributed by atoms with E-state index in [-0.39, 0.29) is 35.7 Å². The fraction of sp³-hybridized carbons (Fsp3) is 0.304. The maximum atomic E-state index is 12.1. The van der Waals surface area contributed by atoms with Gasteiger partial charge >= 0.3 is 17.9 Å². The summed E-state index contributed by atoms with van der Waals surface area (Å²) in [6.07, 6.45) is 0. The van der Waals surface area contributed by atoms with E-state index in [1.54, 1.807) is 7.11 Å². The van der Waals surface area contributed by atoms with Crippen LogP contribution in [0, 0.1) is 0 Å². The summed E-state index contributed by atoms with van der Waals surface area (Å²) < 4.78 is 24.9. The van der Waals surface area contributed by atoms with Crippen LogP contribution in [0.4, 0.5) is 0 Å². The molecule has 0 aromatic heterocycles. The van der Waals surface area contributed by atoms with Crippen molar-refractivity contribution in [3.8, 4) is 0 Å². The van der Waals surface area contributed by atoms with Crippen molar-refractivity contribution in [1.82, 2.24) is 0 Å². The Morgan fingerprint density at radius 2 is 1.00 bits per heavy atom. The lowest BCUT2D eigenvalue weighted by Crippen LogP contribution is -2.14. The van der Waals surface area contributed by atoms with Crippen molar-refractivity contribution in [2.45, 2.75) is 6.92 Å². The van der Waals surface area contributed by atoms with Gasteiger partial charge in [-0.25, -0.2) is 14.4 Å². The number of carbonyl (C=O) groups is 4. The second-order valence-electron chi connectivity index (χ2n) is 6.43. The van der Waals surface area contributed by atoms with Crippen LogP contribution in [0.1, 0.15) is 48.4 Å². The second kappa shape index (κ2) is 13.0. The maximum absolute atomic E-state index is 12.1. The normalized spacial score (nSPS) is 10.3. The molecule has 0 aliphatic heterocycles. The number of hydrogen-bond donors (Lipinski definition) is 0. The molecule has 0 N–H and O–H groups in total. The van der Waals surface area contributed by atoms with E-state index in [4.69, 9.17) is 23.7 Å². The van der Waals surface area contributed by atoms with E-state index in [9.17, 15) is 19.2 Å². The van der Waals surface area contributed by atoms with Gasteiger partial charge in [0, 0.05) is 12.7 Å². The molecule has 9 heteroatoms. The van der Waals surface area contributed by atoms with Crippen molar-refractivity contribution >= 4 is 23.7 Å². The Hall–Kier alpha value is -3.56. The molecule has 0 spiro atoms. The maximum Gasteiger partial charge on any atom is 0.340 e. The van der Waals surface area contributed by atoms with Gasteiger partial charge in [0.1, 0.15) is 6.61 Å². The Balaban J connectivity index is 1.74. The average Bonchev–Trinajstić information content (AvgIpc) is 2.81. The Morgan fingerprint density at radius 1 is 0.594 bits per heavy atom. The number of methoxy groups -OCH3 is 1. The van der Waals surface area contributed by atoms with Crippen molar-refractivity contribution in [3.63, 3.8) is 0 Å². The fourth-order valence-corrected chi connectivity index (χ4v) is 2.41. The number of hydrogen-bond acceptors (Lipinski definition) is 9. The zero-order valence-electron chi connectivity index (χ0n) is 17.8. The quantitative estimate of drug-likeness (QED) is 0.211. The summed E-state index contributed by atoms with van der Waals surface area (Å²) in [4.78, 5) is 47.2. The number of Topliss-reactive ketones (excluding diaryl/α,β-unsaturated/α-hetero) is 1. The third kappa shape index (κ3) is 7.93. The molecule has 0 saturated carbocycles. The Morgan fingerprint density at radius 3 is 1.44 bits per heavy atom. The van der Waals surface area contributed by atoms with Crippen molar-refractivity contribution in [2.24, 2.45) is 0 Å². The van der Waals surface area contributed by atoms with E-state index in [1.807, 2.05) is 0 Å². The highest BCUT2D eigenvalue weighted by molar-refractivity contribution is 5.96. The molecule has 0 aliphatic carbocycles. The molecule has 32 heavy (non-hydrogen) atoms. The summed E-state index contributed by atoms with van der Waals surface area (Å²) in [5, 5.41) is 0. The Labute approximate surface area is 185 Å². The summed E-state index contributed by atoms with van der Waals surface area (Å²) >= 11 is 0. The van der Waals surface area contributed by atoms with Gasteiger partial charge in [-0.3, -0.25) is 4.79 Å². The van der Waals surface area contributed by atoms with Crippen molar-refractivity contribution in [2.75, 3.05) is 40.3 Å². The first-order chi connectivity index (χ1) is 15.4. The summed E-state index contributed by atoms with van der Waals surface area (Å²) in [7, 11) is 1.56. The van der Waals surface area contributed by atoms with E-state index in [1.165, 1.54) is 55.5 Å². The van der Waals surface area contributed by atoms with Gasteiger partial charge in [-0.15, -0.1) is 0 Å². The molecule has 0 fully saturated rings. The highest BCUT2D eigenvalue weighted by atomic mass is 16.7. The lowest BCUT2D eigenvalue weighted by molar-refractivity contribution is -0.0167. The predicted molar refractivity (Wildman–Crippen MR) is 112 cm³/mol. The van der Waals surface area contributed by atoms with Crippen LogP contribution in [0.5, 0.6) is 0 Å². The number of ketones is 1. The van der Waals surface area contributed by atoms with Gasteiger partial charge in [-0.2, -0.15) is 0 Å². The predicted octanol–water partition coefficient (Wildman–Crippen LogP) is 2.68. The minimum atomic E-state index is -0.726. The number of benzene rings is 2. The first-order valence-corrected chi connectivity index (χ1v) is 9.71. The monoisotopic (exact) mass is 444 g/mol. The van der Waals surface area contributed by atoms with Crippen LogP contribution in [0.3, 0.4) is 0 Å². The van der Waals surface area contributed by atoms with E-state index in [2.05, 4.69) is 0 Å². The highest BCUT2D eigenvalue weighted by Gasteiger charge is 2.13. The summed E-state index contributed by atoms with van der Waals surface area (Å²) in [5.41, 5.74) is 1.12. The minimum absolute atomic E-state index is 0.0924. The standard InChI is InChI=1S/C23H24O9/c1-16(24)17-3-5-19(6-4-17)22(26)31-15-32-23(27)20-9-7-18(8-10-20)21(25)30-14-13-29-12-11-28-2/h3-10H,11-15H2,1-2H3. The van der Waals surface area contributed by atoms with E-state index in [0.29, 0.717) is 18.8 Å². The lowest BCUT2D eigenvalue weighted by atomic mass is 10.1. The van der Waals surface area contributed by atoms with Gasteiger partial charge < -0.3 is 23.7 Å². The number of carbonyl (C=O) groups excluding carboxylic acids is 4. The molecule has 2 aromatic rings. The van der Waals surface area contributed by atoms with Crippen molar-refractivity contribution < 1.29 is 42.9 Å². The zero-order chi connectivity index (χ0) is 23.3. The van der Waals surface area contributed by atoms with E-state index < -0.39 is 24.7 Å². The van der Waals surface area contributed by atoms with Gasteiger partial charge in [0.25, 0.3) is 0 Å². The first-order valence-electron chi connectivity index (χ1n) is 9.71.